The number of fused-ring (bicyclic) bond motifs is 1. The topological polar surface area (TPSA) is 85.8 Å². The molecule has 140 valence electrons. The summed E-state index contributed by atoms with van der Waals surface area (Å²) in [6.45, 7) is 4.67. The molecule has 0 saturated heterocycles. The van der Waals surface area contributed by atoms with Crippen molar-refractivity contribution in [2.45, 2.75) is 20.4 Å². The number of pyridine rings is 1. The van der Waals surface area contributed by atoms with Crippen molar-refractivity contribution in [1.82, 2.24) is 14.8 Å². The van der Waals surface area contributed by atoms with Crippen LogP contribution in [0.15, 0.2) is 60.7 Å². The molecular weight excluding hydrogens is 350 g/mol. The summed E-state index contributed by atoms with van der Waals surface area (Å²) >= 11 is 0. The van der Waals surface area contributed by atoms with E-state index in [-0.39, 0.29) is 0 Å². The summed E-state index contributed by atoms with van der Waals surface area (Å²) in [4.78, 5) is 16.0. The Labute approximate surface area is 163 Å². The van der Waals surface area contributed by atoms with Gasteiger partial charge in [-0.25, -0.2) is 9.67 Å². The van der Waals surface area contributed by atoms with Crippen molar-refractivity contribution in [3.05, 3.63) is 83.0 Å². The Morgan fingerprint density at radius 2 is 1.79 bits per heavy atom. The minimum atomic E-state index is -0.424. The number of rotatable bonds is 5. The Morgan fingerprint density at radius 1 is 1.07 bits per heavy atom. The number of anilines is 1. The molecule has 0 aliphatic carbocycles. The van der Waals surface area contributed by atoms with Gasteiger partial charge in [0.05, 0.1) is 11.4 Å². The zero-order valence-corrected chi connectivity index (χ0v) is 15.8. The van der Waals surface area contributed by atoms with Crippen LogP contribution in [0.25, 0.3) is 16.7 Å². The van der Waals surface area contributed by atoms with Crippen LogP contribution < -0.4 is 11.1 Å². The van der Waals surface area contributed by atoms with E-state index in [4.69, 9.17) is 10.7 Å². The van der Waals surface area contributed by atoms with Gasteiger partial charge in [0.2, 0.25) is 5.91 Å². The Bertz CT molecular complexity index is 1150. The number of hydrogen-bond donors (Lipinski definition) is 2. The summed E-state index contributed by atoms with van der Waals surface area (Å²) in [7, 11) is 0. The number of amides is 1. The first kappa shape index (κ1) is 17.7. The number of nitrogens with two attached hydrogens (primary N) is 1. The van der Waals surface area contributed by atoms with Crippen LogP contribution in [0.1, 0.15) is 27.2 Å². The lowest BCUT2D eigenvalue weighted by Gasteiger charge is -2.09. The molecule has 3 N–H and O–H groups in total. The van der Waals surface area contributed by atoms with Gasteiger partial charge in [-0.2, -0.15) is 5.10 Å². The number of nitrogens with one attached hydrogen (secondary N) is 1. The van der Waals surface area contributed by atoms with Crippen molar-refractivity contribution in [2.75, 3.05) is 5.32 Å². The number of para-hydroxylation sites is 1. The van der Waals surface area contributed by atoms with Gasteiger partial charge in [0.1, 0.15) is 5.82 Å². The van der Waals surface area contributed by atoms with Gasteiger partial charge >= 0.3 is 0 Å². The van der Waals surface area contributed by atoms with Gasteiger partial charge in [-0.15, -0.1) is 0 Å². The third-order valence-corrected chi connectivity index (χ3v) is 4.72. The SMILES string of the molecule is Cc1cc(NCc2ccc(C(N)=O)cc2)nc2c1c(C)nn2-c1ccccc1. The predicted molar refractivity (Wildman–Crippen MR) is 111 cm³/mol. The fourth-order valence-electron chi connectivity index (χ4n) is 3.32. The fraction of sp³-hybridized carbons (Fsp3) is 0.136. The van der Waals surface area contributed by atoms with Crippen molar-refractivity contribution >= 4 is 22.8 Å². The zero-order valence-electron chi connectivity index (χ0n) is 15.8. The quantitative estimate of drug-likeness (QED) is 0.559. The molecular formula is C22H21N5O. The zero-order chi connectivity index (χ0) is 19.7. The van der Waals surface area contributed by atoms with Gasteiger partial charge in [-0.1, -0.05) is 30.3 Å². The van der Waals surface area contributed by atoms with Gasteiger partial charge in [0, 0.05) is 17.5 Å². The Hall–Kier alpha value is -3.67. The summed E-state index contributed by atoms with van der Waals surface area (Å²) in [5.74, 6) is 0.354. The van der Waals surface area contributed by atoms with E-state index in [1.807, 2.05) is 60.1 Å². The maximum absolute atomic E-state index is 11.2. The van der Waals surface area contributed by atoms with Crippen molar-refractivity contribution in [2.24, 2.45) is 5.73 Å². The number of aromatic nitrogens is 3. The second kappa shape index (κ2) is 7.15. The molecule has 2 aromatic carbocycles. The molecule has 2 aromatic heterocycles. The van der Waals surface area contributed by atoms with E-state index in [1.165, 1.54) is 0 Å². The smallest absolute Gasteiger partial charge is 0.248 e. The van der Waals surface area contributed by atoms with E-state index in [0.29, 0.717) is 12.1 Å². The van der Waals surface area contributed by atoms with Crippen LogP contribution in [0.2, 0.25) is 0 Å². The molecule has 0 aliphatic heterocycles. The maximum atomic E-state index is 11.2. The largest absolute Gasteiger partial charge is 0.366 e. The lowest BCUT2D eigenvalue weighted by Crippen LogP contribution is -2.11. The Kier molecular flexibility index (Phi) is 4.53. The van der Waals surface area contributed by atoms with Crippen LogP contribution >= 0.6 is 0 Å². The molecule has 6 nitrogen and oxygen atoms in total. The van der Waals surface area contributed by atoms with Crippen LogP contribution in [0.4, 0.5) is 5.82 Å². The molecule has 0 unspecified atom stereocenters. The van der Waals surface area contributed by atoms with Crippen molar-refractivity contribution in [3.63, 3.8) is 0 Å². The predicted octanol–water partition coefficient (Wildman–Crippen LogP) is 3.75. The van der Waals surface area contributed by atoms with E-state index in [2.05, 4.69) is 17.3 Å². The van der Waals surface area contributed by atoms with Gasteiger partial charge in [-0.05, 0) is 55.3 Å². The molecule has 0 atom stereocenters. The van der Waals surface area contributed by atoms with E-state index < -0.39 is 5.91 Å². The van der Waals surface area contributed by atoms with Crippen molar-refractivity contribution in [1.29, 1.82) is 0 Å². The van der Waals surface area contributed by atoms with Gasteiger partial charge in [0.15, 0.2) is 5.65 Å². The van der Waals surface area contributed by atoms with E-state index >= 15 is 0 Å². The van der Waals surface area contributed by atoms with Crippen LogP contribution in [-0.2, 0) is 6.54 Å². The standard InChI is InChI=1S/C22H21N5O/c1-14-12-19(24-13-16-8-10-17(11-9-16)21(23)28)25-22-20(14)15(2)26-27(22)18-6-4-3-5-7-18/h3-12H,13H2,1-2H3,(H2,23,28)(H,24,25). The first-order valence-electron chi connectivity index (χ1n) is 9.08. The van der Waals surface area contributed by atoms with Crippen LogP contribution in [0.3, 0.4) is 0 Å². The molecule has 0 bridgehead atoms. The molecule has 0 aliphatic rings. The number of benzene rings is 2. The monoisotopic (exact) mass is 371 g/mol. The first-order chi connectivity index (χ1) is 13.5. The van der Waals surface area contributed by atoms with Crippen molar-refractivity contribution in [3.8, 4) is 5.69 Å². The van der Waals surface area contributed by atoms with E-state index in [0.717, 1.165) is 39.4 Å². The van der Waals surface area contributed by atoms with Gasteiger partial charge in [-0.3, -0.25) is 4.79 Å². The molecule has 1 amide bonds. The summed E-state index contributed by atoms with van der Waals surface area (Å²) in [6, 6.07) is 19.3. The second-order valence-electron chi connectivity index (χ2n) is 6.77. The molecule has 2 heterocycles. The highest BCUT2D eigenvalue weighted by Crippen LogP contribution is 2.26. The third-order valence-electron chi connectivity index (χ3n) is 4.72. The summed E-state index contributed by atoms with van der Waals surface area (Å²) in [6.07, 6.45) is 0. The highest BCUT2D eigenvalue weighted by atomic mass is 16.1. The minimum absolute atomic E-state index is 0.424. The van der Waals surface area contributed by atoms with E-state index in [9.17, 15) is 4.79 Å². The van der Waals surface area contributed by atoms with Gasteiger partial charge in [0.25, 0.3) is 0 Å². The summed E-state index contributed by atoms with van der Waals surface area (Å²) in [5.41, 5.74) is 10.7. The number of carbonyl (C=O) groups excluding carboxylic acids is 1. The molecule has 28 heavy (non-hydrogen) atoms. The summed E-state index contributed by atoms with van der Waals surface area (Å²) in [5, 5.41) is 9.12. The second-order valence-corrected chi connectivity index (χ2v) is 6.77. The number of aryl methyl sites for hydroxylation is 2. The molecule has 6 heteroatoms. The molecule has 0 radical (unpaired) electrons. The minimum Gasteiger partial charge on any atom is -0.366 e. The Balaban J connectivity index is 1.65. The normalized spacial score (nSPS) is 10.9. The molecule has 0 saturated carbocycles. The number of carbonyl (C=O) groups is 1. The molecule has 4 rings (SSSR count). The van der Waals surface area contributed by atoms with Crippen LogP contribution in [-0.4, -0.2) is 20.7 Å². The van der Waals surface area contributed by atoms with Gasteiger partial charge < -0.3 is 11.1 Å². The highest BCUT2D eigenvalue weighted by molar-refractivity contribution is 5.92. The lowest BCUT2D eigenvalue weighted by molar-refractivity contribution is 0.100. The highest BCUT2D eigenvalue weighted by Gasteiger charge is 2.14. The van der Waals surface area contributed by atoms with Crippen LogP contribution in [0, 0.1) is 13.8 Å². The molecule has 0 spiro atoms. The maximum Gasteiger partial charge on any atom is 0.248 e. The Morgan fingerprint density at radius 3 is 2.46 bits per heavy atom. The average Bonchev–Trinajstić information content (AvgIpc) is 3.04. The average molecular weight is 371 g/mol. The summed E-state index contributed by atoms with van der Waals surface area (Å²) < 4.78 is 1.88. The van der Waals surface area contributed by atoms with E-state index in [1.54, 1.807) is 12.1 Å². The number of primary amides is 1. The first-order valence-corrected chi connectivity index (χ1v) is 9.08. The molecule has 4 aromatic rings. The number of nitrogens with zero attached hydrogens (tertiary/aromatic N) is 3. The number of hydrogen-bond acceptors (Lipinski definition) is 4. The fourth-order valence-corrected chi connectivity index (χ4v) is 3.32. The van der Waals surface area contributed by atoms with Crippen molar-refractivity contribution < 1.29 is 4.79 Å². The third kappa shape index (κ3) is 3.32. The lowest BCUT2D eigenvalue weighted by atomic mass is 10.1. The molecule has 0 fully saturated rings. The van der Waals surface area contributed by atoms with Crippen LogP contribution in [0.5, 0.6) is 0 Å².